The topological polar surface area (TPSA) is 0 Å². The predicted octanol–water partition coefficient (Wildman–Crippen LogP) is 3.11. The predicted molar refractivity (Wildman–Crippen MR) is 48.7 cm³/mol. The number of halogens is 1. The zero-order chi connectivity index (χ0) is 7.42. The highest BCUT2D eigenvalue weighted by atomic mass is 79.9. The molecule has 2 unspecified atom stereocenters. The van der Waals surface area contributed by atoms with Crippen LogP contribution in [-0.4, -0.2) is 0 Å². The molecule has 0 saturated heterocycles. The van der Waals surface area contributed by atoms with Crippen LogP contribution in [0.5, 0.6) is 0 Å². The van der Waals surface area contributed by atoms with Crippen LogP contribution in [0.4, 0.5) is 0 Å². The fraction of sp³-hybridized carbons (Fsp3) is 0.400. The fourth-order valence-electron chi connectivity index (χ4n) is 2.28. The van der Waals surface area contributed by atoms with Gasteiger partial charge in [0.25, 0.3) is 0 Å². The highest BCUT2D eigenvalue weighted by Crippen LogP contribution is 2.57. The van der Waals surface area contributed by atoms with Crippen LogP contribution in [-0.2, 0) is 6.42 Å². The summed E-state index contributed by atoms with van der Waals surface area (Å²) in [6.45, 7) is 0. The van der Waals surface area contributed by atoms with Gasteiger partial charge >= 0.3 is 0 Å². The van der Waals surface area contributed by atoms with Gasteiger partial charge in [-0.2, -0.15) is 0 Å². The van der Waals surface area contributed by atoms with Crippen LogP contribution in [0.3, 0.4) is 0 Å². The van der Waals surface area contributed by atoms with E-state index in [0.717, 1.165) is 11.8 Å². The van der Waals surface area contributed by atoms with E-state index in [4.69, 9.17) is 0 Å². The second-order valence-electron chi connectivity index (χ2n) is 3.62. The van der Waals surface area contributed by atoms with Crippen LogP contribution in [0.25, 0.3) is 0 Å². The van der Waals surface area contributed by atoms with E-state index in [9.17, 15) is 0 Å². The van der Waals surface area contributed by atoms with Gasteiger partial charge in [0, 0.05) is 4.47 Å². The molecule has 3 rings (SSSR count). The van der Waals surface area contributed by atoms with E-state index >= 15 is 0 Å². The molecule has 0 N–H and O–H groups in total. The van der Waals surface area contributed by atoms with E-state index in [2.05, 4.69) is 34.1 Å². The fourth-order valence-corrected chi connectivity index (χ4v) is 2.99. The Morgan fingerprint density at radius 3 is 3.09 bits per heavy atom. The minimum Gasteiger partial charge on any atom is -0.0609 e. The summed E-state index contributed by atoms with van der Waals surface area (Å²) in [6.07, 6.45) is 2.77. The molecule has 0 aromatic heterocycles. The summed E-state index contributed by atoms with van der Waals surface area (Å²) >= 11 is 3.61. The molecule has 1 aromatic rings. The van der Waals surface area contributed by atoms with Gasteiger partial charge in [-0.1, -0.05) is 28.1 Å². The zero-order valence-electron chi connectivity index (χ0n) is 6.18. The Morgan fingerprint density at radius 2 is 2.27 bits per heavy atom. The summed E-state index contributed by atoms with van der Waals surface area (Å²) in [4.78, 5) is 0. The number of fused-ring (bicyclic) bond motifs is 3. The number of benzene rings is 1. The molecule has 56 valence electrons. The molecule has 1 aromatic carbocycles. The largest absolute Gasteiger partial charge is 0.0609 e. The third-order valence-electron chi connectivity index (χ3n) is 2.92. The van der Waals surface area contributed by atoms with Crippen molar-refractivity contribution in [1.29, 1.82) is 0 Å². The van der Waals surface area contributed by atoms with Crippen molar-refractivity contribution in [3.63, 3.8) is 0 Å². The van der Waals surface area contributed by atoms with Crippen LogP contribution >= 0.6 is 15.9 Å². The molecule has 0 radical (unpaired) electrons. The molecule has 0 bridgehead atoms. The summed E-state index contributed by atoms with van der Waals surface area (Å²) in [6, 6.07) is 6.58. The molecule has 0 nitrogen and oxygen atoms in total. The Balaban J connectivity index is 2.25. The van der Waals surface area contributed by atoms with Crippen molar-refractivity contribution in [2.24, 2.45) is 5.92 Å². The Kier molecular flexibility index (Phi) is 1.07. The first-order valence-corrected chi connectivity index (χ1v) is 4.93. The van der Waals surface area contributed by atoms with Crippen LogP contribution in [0, 0.1) is 5.92 Å². The maximum atomic E-state index is 3.61. The maximum absolute atomic E-state index is 3.61. The Labute approximate surface area is 74.7 Å². The van der Waals surface area contributed by atoms with Gasteiger partial charge in [-0.15, -0.1) is 0 Å². The maximum Gasteiger partial charge on any atom is 0.0212 e. The highest BCUT2D eigenvalue weighted by molar-refractivity contribution is 9.10. The molecule has 0 aliphatic heterocycles. The van der Waals surface area contributed by atoms with E-state index in [1.54, 1.807) is 11.1 Å². The van der Waals surface area contributed by atoms with Gasteiger partial charge < -0.3 is 0 Å². The van der Waals surface area contributed by atoms with Gasteiger partial charge in [0.2, 0.25) is 0 Å². The van der Waals surface area contributed by atoms with E-state index in [-0.39, 0.29) is 0 Å². The minimum absolute atomic E-state index is 0.917. The zero-order valence-corrected chi connectivity index (χ0v) is 7.76. The third-order valence-corrected chi connectivity index (χ3v) is 3.61. The first-order valence-electron chi connectivity index (χ1n) is 4.13. The van der Waals surface area contributed by atoms with Gasteiger partial charge in [0.15, 0.2) is 0 Å². The van der Waals surface area contributed by atoms with Crippen molar-refractivity contribution in [2.45, 2.75) is 18.8 Å². The lowest BCUT2D eigenvalue weighted by Crippen LogP contribution is -1.86. The molecule has 2 atom stereocenters. The minimum atomic E-state index is 0.917. The van der Waals surface area contributed by atoms with Crippen molar-refractivity contribution in [3.8, 4) is 0 Å². The van der Waals surface area contributed by atoms with Crippen molar-refractivity contribution in [3.05, 3.63) is 33.8 Å². The number of rotatable bonds is 0. The molecule has 2 aliphatic rings. The van der Waals surface area contributed by atoms with E-state index < -0.39 is 0 Å². The third kappa shape index (κ3) is 0.750. The molecular weight excluding hydrogens is 200 g/mol. The van der Waals surface area contributed by atoms with E-state index in [1.807, 2.05) is 0 Å². The smallest absolute Gasteiger partial charge is 0.0212 e. The van der Waals surface area contributed by atoms with Gasteiger partial charge in [0.1, 0.15) is 0 Å². The van der Waals surface area contributed by atoms with Crippen molar-refractivity contribution in [2.75, 3.05) is 0 Å². The van der Waals surface area contributed by atoms with E-state index in [1.165, 1.54) is 17.3 Å². The van der Waals surface area contributed by atoms with Crippen LogP contribution in [0.15, 0.2) is 22.7 Å². The molecule has 1 fully saturated rings. The molecule has 11 heavy (non-hydrogen) atoms. The number of hydrogen-bond acceptors (Lipinski definition) is 0. The summed E-state index contributed by atoms with van der Waals surface area (Å²) in [5.41, 5.74) is 3.19. The van der Waals surface area contributed by atoms with Crippen molar-refractivity contribution < 1.29 is 0 Å². The molecular formula is C10H9Br. The second kappa shape index (κ2) is 1.89. The summed E-state index contributed by atoms with van der Waals surface area (Å²) in [7, 11) is 0. The lowest BCUT2D eigenvalue weighted by molar-refractivity contribution is 0.857. The molecule has 1 saturated carbocycles. The van der Waals surface area contributed by atoms with Gasteiger partial charge in [-0.25, -0.2) is 0 Å². The van der Waals surface area contributed by atoms with Crippen LogP contribution in [0.2, 0.25) is 0 Å². The lowest BCUT2D eigenvalue weighted by Gasteiger charge is -2.03. The van der Waals surface area contributed by atoms with Crippen LogP contribution in [0.1, 0.15) is 23.5 Å². The van der Waals surface area contributed by atoms with Crippen molar-refractivity contribution >= 4 is 15.9 Å². The molecule has 0 amide bonds. The average Bonchev–Trinajstić information content (AvgIpc) is 2.62. The normalized spacial score (nSPS) is 31.4. The second-order valence-corrected chi connectivity index (χ2v) is 4.47. The molecule has 1 heteroatoms. The van der Waals surface area contributed by atoms with E-state index in [0.29, 0.717) is 0 Å². The molecule has 0 spiro atoms. The Morgan fingerprint density at radius 1 is 1.36 bits per heavy atom. The lowest BCUT2D eigenvalue weighted by atomic mass is 10.1. The van der Waals surface area contributed by atoms with Crippen LogP contribution < -0.4 is 0 Å². The number of hydrogen-bond donors (Lipinski definition) is 0. The van der Waals surface area contributed by atoms with Gasteiger partial charge in [-0.3, -0.25) is 0 Å². The summed E-state index contributed by atoms with van der Waals surface area (Å²) in [5.74, 6) is 1.92. The Bertz CT molecular complexity index is 317. The average molecular weight is 209 g/mol. The molecule has 0 heterocycles. The van der Waals surface area contributed by atoms with Crippen molar-refractivity contribution in [1.82, 2.24) is 0 Å². The van der Waals surface area contributed by atoms with Gasteiger partial charge in [-0.05, 0) is 41.9 Å². The summed E-state index contributed by atoms with van der Waals surface area (Å²) in [5, 5.41) is 0. The Hall–Kier alpha value is -0.300. The monoisotopic (exact) mass is 208 g/mol. The highest BCUT2D eigenvalue weighted by Gasteiger charge is 2.45. The first-order chi connectivity index (χ1) is 5.36. The molecule has 2 aliphatic carbocycles. The first kappa shape index (κ1) is 6.24. The quantitative estimate of drug-likeness (QED) is 0.615. The summed E-state index contributed by atoms with van der Waals surface area (Å²) < 4.78 is 1.33. The van der Waals surface area contributed by atoms with Gasteiger partial charge in [0.05, 0.1) is 0 Å². The SMILES string of the molecule is Brc1cccc2c1C1CC1C2. The standard InChI is InChI=1S/C10H9Br/c11-9-3-1-2-6-4-7-5-8(7)10(6)9/h1-3,7-8H,4-5H2.